The number of halogens is 2. The van der Waals surface area contributed by atoms with Crippen LogP contribution in [0.4, 0.5) is 0 Å². The second-order valence-electron chi connectivity index (χ2n) is 8.66. The van der Waals surface area contributed by atoms with Crippen molar-refractivity contribution in [3.63, 3.8) is 0 Å². The van der Waals surface area contributed by atoms with Crippen LogP contribution in [0.25, 0.3) is 0 Å². The molecule has 1 aliphatic rings. The summed E-state index contributed by atoms with van der Waals surface area (Å²) in [6.07, 6.45) is -0.293. The van der Waals surface area contributed by atoms with E-state index in [0.29, 0.717) is 49.2 Å². The van der Waals surface area contributed by atoms with Crippen molar-refractivity contribution in [2.24, 2.45) is 0 Å². The van der Waals surface area contributed by atoms with Gasteiger partial charge in [0.05, 0.1) is 36.8 Å². The van der Waals surface area contributed by atoms with E-state index in [9.17, 15) is 13.2 Å². The normalized spacial score (nSPS) is 15.8. The van der Waals surface area contributed by atoms with Crippen LogP contribution in [0.1, 0.15) is 27.6 Å². The van der Waals surface area contributed by atoms with Crippen LogP contribution >= 0.6 is 34.5 Å². The monoisotopic (exact) mass is 598 g/mol. The number of rotatable bonds is 10. The lowest BCUT2D eigenvalue weighted by atomic mass is 10.1. The zero-order valence-electron chi connectivity index (χ0n) is 20.9. The third kappa shape index (κ3) is 6.87. The van der Waals surface area contributed by atoms with Crippen LogP contribution in [-0.4, -0.2) is 70.5 Å². The first-order valence-electron chi connectivity index (χ1n) is 11.8. The molecule has 2 aromatic carbocycles. The molecule has 2 heterocycles. The number of thiophene rings is 1. The van der Waals surface area contributed by atoms with Crippen LogP contribution in [0.2, 0.25) is 8.67 Å². The number of methoxy groups -OCH3 is 2. The summed E-state index contributed by atoms with van der Waals surface area (Å²) < 4.78 is 44.6. The second kappa shape index (κ2) is 12.8. The predicted octanol–water partition coefficient (Wildman–Crippen LogP) is 5.11. The summed E-state index contributed by atoms with van der Waals surface area (Å²) in [5.74, 6) is 0.331. The molecule has 0 unspecified atom stereocenters. The van der Waals surface area contributed by atoms with Gasteiger partial charge in [0, 0.05) is 32.7 Å². The van der Waals surface area contributed by atoms with Gasteiger partial charge in [-0.2, -0.15) is 4.31 Å². The summed E-state index contributed by atoms with van der Waals surface area (Å²) in [4.78, 5) is 14.0. The Morgan fingerprint density at radius 1 is 1.03 bits per heavy atom. The molecule has 0 spiro atoms. The average molecular weight is 600 g/mol. The van der Waals surface area contributed by atoms with E-state index in [1.54, 1.807) is 19.2 Å². The van der Waals surface area contributed by atoms with Crippen LogP contribution in [0, 0.1) is 0 Å². The predicted molar refractivity (Wildman–Crippen MR) is 148 cm³/mol. The van der Waals surface area contributed by atoms with E-state index in [2.05, 4.69) is 4.90 Å². The van der Waals surface area contributed by atoms with E-state index in [1.165, 1.54) is 17.5 Å². The molecule has 3 aromatic rings. The van der Waals surface area contributed by atoms with E-state index < -0.39 is 16.0 Å². The highest BCUT2D eigenvalue weighted by molar-refractivity contribution is 7.89. The minimum absolute atomic E-state index is 0.0541. The third-order valence-corrected chi connectivity index (χ3v) is 9.94. The molecular weight excluding hydrogens is 571 g/mol. The Labute approximate surface area is 236 Å². The summed E-state index contributed by atoms with van der Waals surface area (Å²) in [5, 5.41) is 0. The Bertz CT molecular complexity index is 1360. The third-order valence-electron chi connectivity index (χ3n) is 6.29. The van der Waals surface area contributed by atoms with Crippen LogP contribution in [0.15, 0.2) is 59.5 Å². The topological polar surface area (TPSA) is 85.4 Å². The van der Waals surface area contributed by atoms with Gasteiger partial charge in [0.1, 0.15) is 15.0 Å². The van der Waals surface area contributed by atoms with Crippen molar-refractivity contribution in [1.29, 1.82) is 0 Å². The van der Waals surface area contributed by atoms with Gasteiger partial charge in [0.25, 0.3) is 0 Å². The Morgan fingerprint density at radius 2 is 1.74 bits per heavy atom. The maximum atomic E-state index is 13.1. The minimum Gasteiger partial charge on any atom is -0.497 e. The summed E-state index contributed by atoms with van der Waals surface area (Å²) in [6.45, 7) is 2.61. The standard InChI is InChI=1S/C26H28Cl2N2O6S2/c1-34-21-5-3-4-20(14-21)22(36-17-18-6-8-19(9-7-18)26(31)35-2)16-29-10-12-30(13-11-29)38(32,33)23-15-24(27)37-25(23)28/h3-9,14-15,22H,10-13,16-17H2,1-2H3/t22-/m1/s1. The lowest BCUT2D eigenvalue weighted by Crippen LogP contribution is -2.49. The van der Waals surface area contributed by atoms with Crippen molar-refractivity contribution in [1.82, 2.24) is 9.21 Å². The molecule has 12 heteroatoms. The molecule has 0 amide bonds. The quantitative estimate of drug-likeness (QED) is 0.300. The molecule has 0 N–H and O–H groups in total. The molecule has 1 aliphatic heterocycles. The lowest BCUT2D eigenvalue weighted by Gasteiger charge is -2.35. The molecule has 0 radical (unpaired) electrons. The highest BCUT2D eigenvalue weighted by atomic mass is 35.5. The van der Waals surface area contributed by atoms with Gasteiger partial charge in [-0.3, -0.25) is 4.90 Å². The molecular formula is C26H28Cl2N2O6S2. The van der Waals surface area contributed by atoms with Crippen LogP contribution in [-0.2, 0) is 26.1 Å². The molecule has 0 saturated carbocycles. The van der Waals surface area contributed by atoms with Crippen molar-refractivity contribution >= 4 is 50.5 Å². The van der Waals surface area contributed by atoms with E-state index >= 15 is 0 Å². The molecule has 204 valence electrons. The van der Waals surface area contributed by atoms with E-state index in [1.807, 2.05) is 36.4 Å². The Hall–Kier alpha value is -2.18. The van der Waals surface area contributed by atoms with Gasteiger partial charge in [-0.15, -0.1) is 11.3 Å². The number of ether oxygens (including phenoxy) is 3. The molecule has 1 fully saturated rings. The van der Waals surface area contributed by atoms with Gasteiger partial charge in [-0.25, -0.2) is 13.2 Å². The maximum absolute atomic E-state index is 13.1. The largest absolute Gasteiger partial charge is 0.497 e. The summed E-state index contributed by atoms with van der Waals surface area (Å²) in [7, 11) is -0.760. The molecule has 4 rings (SSSR count). The zero-order valence-corrected chi connectivity index (χ0v) is 24.1. The number of esters is 1. The maximum Gasteiger partial charge on any atom is 0.337 e. The first-order chi connectivity index (χ1) is 18.2. The summed E-state index contributed by atoms with van der Waals surface area (Å²) in [5.41, 5.74) is 2.33. The number of sulfonamides is 1. The molecule has 38 heavy (non-hydrogen) atoms. The first-order valence-corrected chi connectivity index (χ1v) is 14.8. The van der Waals surface area contributed by atoms with Crippen molar-refractivity contribution in [3.8, 4) is 5.75 Å². The highest BCUT2D eigenvalue weighted by Gasteiger charge is 2.32. The molecule has 1 atom stereocenters. The first kappa shape index (κ1) is 28.8. The van der Waals surface area contributed by atoms with Gasteiger partial charge >= 0.3 is 5.97 Å². The fraction of sp³-hybridized carbons (Fsp3) is 0.346. The zero-order chi connectivity index (χ0) is 27.3. The Balaban J connectivity index is 1.44. The van der Waals surface area contributed by atoms with Crippen LogP contribution in [0.3, 0.4) is 0 Å². The minimum atomic E-state index is -3.72. The number of nitrogens with zero attached hydrogens (tertiary/aromatic N) is 2. The Kier molecular flexibility index (Phi) is 9.69. The number of carbonyl (C=O) groups excluding carboxylic acids is 1. The molecule has 0 bridgehead atoms. The summed E-state index contributed by atoms with van der Waals surface area (Å²) in [6, 6.07) is 16.2. The number of hydrogen-bond donors (Lipinski definition) is 0. The van der Waals surface area contributed by atoms with E-state index in [0.717, 1.165) is 28.2 Å². The van der Waals surface area contributed by atoms with Gasteiger partial charge < -0.3 is 14.2 Å². The number of piperazine rings is 1. The highest BCUT2D eigenvalue weighted by Crippen LogP contribution is 2.36. The lowest BCUT2D eigenvalue weighted by molar-refractivity contribution is 0.00761. The number of carbonyl (C=O) groups is 1. The molecule has 8 nitrogen and oxygen atoms in total. The SMILES string of the molecule is COC(=O)c1ccc(CO[C@H](CN2CCN(S(=O)(=O)c3cc(Cl)sc3Cl)CC2)c2cccc(OC)c2)cc1. The van der Waals surface area contributed by atoms with Crippen LogP contribution < -0.4 is 4.74 Å². The molecule has 0 aliphatic carbocycles. The van der Waals surface area contributed by atoms with E-state index in [-0.39, 0.29) is 15.3 Å². The second-order valence-corrected chi connectivity index (χ2v) is 12.8. The smallest absolute Gasteiger partial charge is 0.337 e. The number of benzene rings is 2. The van der Waals surface area contributed by atoms with Gasteiger partial charge in [0.15, 0.2) is 0 Å². The van der Waals surface area contributed by atoms with Crippen molar-refractivity contribution in [2.45, 2.75) is 17.6 Å². The fourth-order valence-corrected chi connectivity index (χ4v) is 7.71. The van der Waals surface area contributed by atoms with Gasteiger partial charge in [-0.05, 0) is 41.5 Å². The van der Waals surface area contributed by atoms with Crippen molar-refractivity contribution in [2.75, 3.05) is 46.9 Å². The summed E-state index contributed by atoms with van der Waals surface area (Å²) >= 11 is 13.1. The fourth-order valence-electron chi connectivity index (χ4n) is 4.17. The Morgan fingerprint density at radius 3 is 2.34 bits per heavy atom. The van der Waals surface area contributed by atoms with E-state index in [4.69, 9.17) is 37.4 Å². The van der Waals surface area contributed by atoms with Gasteiger partial charge in [-0.1, -0.05) is 47.5 Å². The van der Waals surface area contributed by atoms with Crippen molar-refractivity contribution in [3.05, 3.63) is 80.0 Å². The van der Waals surface area contributed by atoms with Crippen molar-refractivity contribution < 1.29 is 27.4 Å². The average Bonchev–Trinajstić information content (AvgIpc) is 3.29. The van der Waals surface area contributed by atoms with Crippen LogP contribution in [0.5, 0.6) is 5.75 Å². The molecule has 1 aromatic heterocycles. The molecule has 1 saturated heterocycles. The van der Waals surface area contributed by atoms with Gasteiger partial charge in [0.2, 0.25) is 10.0 Å². The number of hydrogen-bond acceptors (Lipinski definition) is 8.